The van der Waals surface area contributed by atoms with Gasteiger partial charge in [0, 0.05) is 7.05 Å². The van der Waals surface area contributed by atoms with E-state index in [1.165, 1.54) is 7.11 Å². The number of hydrogen-bond acceptors (Lipinski definition) is 4. The molecule has 0 aromatic heterocycles. The molecule has 0 aliphatic rings. The lowest BCUT2D eigenvalue weighted by Gasteiger charge is -2.18. The van der Waals surface area contributed by atoms with Crippen LogP contribution in [0.1, 0.15) is 17.2 Å². The molecule has 0 bridgehead atoms. The van der Waals surface area contributed by atoms with Gasteiger partial charge in [0.1, 0.15) is 6.04 Å². The van der Waals surface area contributed by atoms with E-state index in [2.05, 4.69) is 10.8 Å². The Morgan fingerprint density at radius 1 is 1.50 bits per heavy atom. The third-order valence-corrected chi connectivity index (χ3v) is 2.28. The molecule has 1 rings (SSSR count). The predicted octanol–water partition coefficient (Wildman–Crippen LogP) is 0.117. The number of hydrogen-bond donors (Lipinski definition) is 3. The molecule has 0 saturated carbocycles. The first-order valence-corrected chi connectivity index (χ1v) is 4.93. The van der Waals surface area contributed by atoms with Crippen molar-refractivity contribution in [3.05, 3.63) is 35.4 Å². The van der Waals surface area contributed by atoms with Crippen LogP contribution in [-0.4, -0.2) is 25.2 Å². The molecule has 5 heteroatoms. The van der Waals surface area contributed by atoms with Crippen molar-refractivity contribution in [1.82, 2.24) is 10.8 Å². The Hall–Kier alpha value is -1.43. The number of carbonyl (C=O) groups excluding carboxylic acids is 1. The van der Waals surface area contributed by atoms with Gasteiger partial charge in [0.2, 0.25) is 5.91 Å². The number of hydroxylamine groups is 1. The van der Waals surface area contributed by atoms with Crippen LogP contribution in [0.2, 0.25) is 0 Å². The summed E-state index contributed by atoms with van der Waals surface area (Å²) in [6, 6.07) is 6.53. The first-order valence-electron chi connectivity index (χ1n) is 4.93. The van der Waals surface area contributed by atoms with Gasteiger partial charge in [0.25, 0.3) is 0 Å². The molecule has 0 aliphatic heterocycles. The zero-order chi connectivity index (χ0) is 12.0. The highest BCUT2D eigenvalue weighted by Crippen LogP contribution is 2.18. The van der Waals surface area contributed by atoms with Gasteiger partial charge in [0.15, 0.2) is 0 Å². The monoisotopic (exact) mass is 224 g/mol. The average molecular weight is 224 g/mol. The minimum absolute atomic E-state index is 0.116. The highest BCUT2D eigenvalue weighted by Gasteiger charge is 2.21. The SMILES string of the molecule is CNC(=O)C(NOC)c1ccccc1CO. The van der Waals surface area contributed by atoms with Crippen molar-refractivity contribution in [3.8, 4) is 0 Å². The normalized spacial score (nSPS) is 12.2. The van der Waals surface area contributed by atoms with Crippen LogP contribution in [0, 0.1) is 0 Å². The van der Waals surface area contributed by atoms with Crippen molar-refractivity contribution < 1.29 is 14.7 Å². The molecule has 1 atom stereocenters. The minimum atomic E-state index is -0.627. The fourth-order valence-electron chi connectivity index (χ4n) is 1.48. The molecule has 0 saturated heterocycles. The molecule has 0 heterocycles. The van der Waals surface area contributed by atoms with E-state index in [-0.39, 0.29) is 12.5 Å². The Balaban J connectivity index is 3.04. The second-order valence-electron chi connectivity index (χ2n) is 3.23. The number of likely N-dealkylation sites (N-methyl/N-ethyl adjacent to an activating group) is 1. The van der Waals surface area contributed by atoms with E-state index in [1.807, 2.05) is 12.1 Å². The number of rotatable bonds is 5. The van der Waals surface area contributed by atoms with E-state index in [1.54, 1.807) is 19.2 Å². The van der Waals surface area contributed by atoms with Gasteiger partial charge in [-0.15, -0.1) is 0 Å². The lowest BCUT2D eigenvalue weighted by atomic mass is 10.0. The van der Waals surface area contributed by atoms with E-state index < -0.39 is 6.04 Å². The lowest BCUT2D eigenvalue weighted by molar-refractivity contribution is -0.126. The Morgan fingerprint density at radius 2 is 2.19 bits per heavy atom. The molecule has 1 amide bonds. The average Bonchev–Trinajstić information content (AvgIpc) is 2.35. The van der Waals surface area contributed by atoms with Gasteiger partial charge < -0.3 is 15.3 Å². The maximum Gasteiger partial charge on any atom is 0.243 e. The van der Waals surface area contributed by atoms with Gasteiger partial charge in [-0.25, -0.2) is 0 Å². The molecule has 3 N–H and O–H groups in total. The molecule has 16 heavy (non-hydrogen) atoms. The Bertz CT molecular complexity index is 355. The molecule has 0 aliphatic carbocycles. The molecule has 1 unspecified atom stereocenters. The number of carbonyl (C=O) groups is 1. The Kier molecular flexibility index (Phi) is 4.91. The number of amides is 1. The van der Waals surface area contributed by atoms with Crippen molar-refractivity contribution in [2.75, 3.05) is 14.2 Å². The van der Waals surface area contributed by atoms with Gasteiger partial charge in [0.05, 0.1) is 13.7 Å². The summed E-state index contributed by atoms with van der Waals surface area (Å²) in [5.74, 6) is -0.220. The quantitative estimate of drug-likeness (QED) is 0.621. The molecule has 1 aromatic rings. The van der Waals surface area contributed by atoms with E-state index in [0.29, 0.717) is 11.1 Å². The fourth-order valence-corrected chi connectivity index (χ4v) is 1.48. The minimum Gasteiger partial charge on any atom is -0.392 e. The second kappa shape index (κ2) is 6.22. The predicted molar refractivity (Wildman–Crippen MR) is 59.3 cm³/mol. The molecular weight excluding hydrogens is 208 g/mol. The number of nitrogens with one attached hydrogen (secondary N) is 2. The van der Waals surface area contributed by atoms with Crippen molar-refractivity contribution in [3.63, 3.8) is 0 Å². The van der Waals surface area contributed by atoms with E-state index in [9.17, 15) is 9.90 Å². The summed E-state index contributed by atoms with van der Waals surface area (Å²) in [5, 5.41) is 11.7. The zero-order valence-corrected chi connectivity index (χ0v) is 9.36. The third-order valence-electron chi connectivity index (χ3n) is 2.28. The first-order chi connectivity index (χ1) is 7.74. The number of aliphatic hydroxyl groups is 1. The van der Waals surface area contributed by atoms with Crippen LogP contribution in [0.15, 0.2) is 24.3 Å². The molecule has 5 nitrogen and oxygen atoms in total. The largest absolute Gasteiger partial charge is 0.392 e. The summed E-state index contributed by atoms with van der Waals surface area (Å²) in [7, 11) is 2.99. The molecule has 1 aromatic carbocycles. The van der Waals surface area contributed by atoms with Crippen molar-refractivity contribution in [2.24, 2.45) is 0 Å². The summed E-state index contributed by atoms with van der Waals surface area (Å²) >= 11 is 0. The summed E-state index contributed by atoms with van der Waals surface area (Å²) in [6.07, 6.45) is 0. The van der Waals surface area contributed by atoms with E-state index in [4.69, 9.17) is 4.84 Å². The lowest BCUT2D eigenvalue weighted by Crippen LogP contribution is -2.35. The summed E-state index contributed by atoms with van der Waals surface area (Å²) in [5.41, 5.74) is 4.00. The van der Waals surface area contributed by atoms with Gasteiger partial charge in [-0.1, -0.05) is 24.3 Å². The zero-order valence-electron chi connectivity index (χ0n) is 9.36. The van der Waals surface area contributed by atoms with Crippen LogP contribution in [0.4, 0.5) is 0 Å². The topological polar surface area (TPSA) is 70.6 Å². The Morgan fingerprint density at radius 3 is 2.75 bits per heavy atom. The van der Waals surface area contributed by atoms with Crippen LogP contribution in [0.5, 0.6) is 0 Å². The molecule has 0 radical (unpaired) electrons. The van der Waals surface area contributed by atoms with Crippen LogP contribution >= 0.6 is 0 Å². The third kappa shape index (κ3) is 2.79. The van der Waals surface area contributed by atoms with E-state index in [0.717, 1.165) is 0 Å². The highest BCUT2D eigenvalue weighted by molar-refractivity contribution is 5.83. The summed E-state index contributed by atoms with van der Waals surface area (Å²) < 4.78 is 0. The van der Waals surface area contributed by atoms with Crippen LogP contribution in [0.25, 0.3) is 0 Å². The number of aliphatic hydroxyl groups excluding tert-OH is 1. The summed E-state index contributed by atoms with van der Waals surface area (Å²) in [4.78, 5) is 16.4. The Labute approximate surface area is 94.4 Å². The fraction of sp³-hybridized carbons (Fsp3) is 0.364. The number of benzene rings is 1. The first kappa shape index (κ1) is 12.6. The molecule has 0 fully saturated rings. The van der Waals surface area contributed by atoms with Gasteiger partial charge in [-0.05, 0) is 11.1 Å². The maximum atomic E-state index is 11.6. The van der Waals surface area contributed by atoms with Crippen molar-refractivity contribution in [2.45, 2.75) is 12.6 Å². The van der Waals surface area contributed by atoms with Crippen molar-refractivity contribution >= 4 is 5.91 Å². The smallest absolute Gasteiger partial charge is 0.243 e. The molecule has 0 spiro atoms. The maximum absolute atomic E-state index is 11.6. The van der Waals surface area contributed by atoms with Gasteiger partial charge >= 0.3 is 0 Å². The van der Waals surface area contributed by atoms with Crippen LogP contribution < -0.4 is 10.8 Å². The van der Waals surface area contributed by atoms with Gasteiger partial charge in [-0.2, -0.15) is 5.48 Å². The second-order valence-corrected chi connectivity index (χ2v) is 3.23. The molecular formula is C11H16N2O3. The summed E-state index contributed by atoms with van der Waals surface area (Å²) in [6.45, 7) is -0.116. The van der Waals surface area contributed by atoms with Crippen molar-refractivity contribution in [1.29, 1.82) is 0 Å². The van der Waals surface area contributed by atoms with E-state index >= 15 is 0 Å². The van der Waals surface area contributed by atoms with Gasteiger partial charge in [-0.3, -0.25) is 4.79 Å². The molecule has 88 valence electrons. The highest BCUT2D eigenvalue weighted by atomic mass is 16.6. The van der Waals surface area contributed by atoms with Crippen LogP contribution in [0.3, 0.4) is 0 Å². The standard InChI is InChI=1S/C11H16N2O3/c1-12-11(15)10(13-16-2)9-6-4-3-5-8(9)7-14/h3-6,10,13-14H,7H2,1-2H3,(H,12,15). The van der Waals surface area contributed by atoms with Crippen LogP contribution in [-0.2, 0) is 16.2 Å².